The molecule has 1 aliphatic heterocycles. The average Bonchev–Trinajstić information content (AvgIpc) is 2.76. The number of fused-ring (bicyclic) bond motifs is 2. The second-order valence-corrected chi connectivity index (χ2v) is 7.81. The molecule has 1 aliphatic rings. The van der Waals surface area contributed by atoms with Crippen LogP contribution >= 0.6 is 0 Å². The molecule has 30 heavy (non-hydrogen) atoms. The Kier molecular flexibility index (Phi) is 5.59. The van der Waals surface area contributed by atoms with E-state index in [1.54, 1.807) is 0 Å². The van der Waals surface area contributed by atoms with Gasteiger partial charge in [-0.2, -0.15) is 0 Å². The molecule has 1 atom stereocenters. The first-order chi connectivity index (χ1) is 14.5. The monoisotopic (exact) mass is 408 g/mol. The number of hydrogen-bond donors (Lipinski definition) is 1. The minimum atomic E-state index is -0.501. The van der Waals surface area contributed by atoms with Crippen LogP contribution in [0.25, 0.3) is 11.0 Å². The van der Waals surface area contributed by atoms with Crippen LogP contribution in [0.4, 0.5) is 0 Å². The summed E-state index contributed by atoms with van der Waals surface area (Å²) in [5.74, 6) is 0.341. The predicted octanol–water partition coefficient (Wildman–Crippen LogP) is 2.10. The number of carbonyl (C=O) groups excluding carboxylic acids is 1. The highest BCUT2D eigenvalue weighted by Crippen LogP contribution is 2.34. The zero-order valence-corrected chi connectivity index (χ0v) is 17.5. The quantitative estimate of drug-likeness (QED) is 0.517. The Balaban J connectivity index is 1.65. The van der Waals surface area contributed by atoms with Crippen LogP contribution in [0, 0.1) is 13.8 Å². The first-order valence-corrected chi connectivity index (χ1v) is 10.1. The lowest BCUT2D eigenvalue weighted by Gasteiger charge is -2.28. The third-order valence-corrected chi connectivity index (χ3v) is 5.85. The van der Waals surface area contributed by atoms with Gasteiger partial charge in [0.15, 0.2) is 0 Å². The SMILES string of the molecule is COC(=O)Cc1c(C)c2cc3c(c(C)c2oc1=O)OC[NH+](CCc1ccccc1)C3. The molecule has 0 spiro atoms. The minimum Gasteiger partial charge on any atom is -0.469 e. The van der Waals surface area contributed by atoms with Crippen molar-refractivity contribution < 1.29 is 23.6 Å². The van der Waals surface area contributed by atoms with E-state index in [1.807, 2.05) is 26.0 Å². The molecule has 1 aromatic heterocycles. The van der Waals surface area contributed by atoms with Crippen LogP contribution in [0.1, 0.15) is 27.8 Å². The molecule has 2 aromatic carbocycles. The number of benzene rings is 2. The van der Waals surface area contributed by atoms with Crippen LogP contribution in [0.15, 0.2) is 45.6 Å². The van der Waals surface area contributed by atoms with E-state index in [0.717, 1.165) is 47.3 Å². The molecule has 156 valence electrons. The average molecular weight is 408 g/mol. The summed E-state index contributed by atoms with van der Waals surface area (Å²) in [5, 5.41) is 0.845. The van der Waals surface area contributed by atoms with Gasteiger partial charge in [-0.1, -0.05) is 30.3 Å². The third kappa shape index (κ3) is 3.83. The summed E-state index contributed by atoms with van der Waals surface area (Å²) in [5.41, 5.74) is 4.37. The molecule has 4 rings (SSSR count). The maximum atomic E-state index is 12.5. The Bertz CT molecular complexity index is 1150. The van der Waals surface area contributed by atoms with E-state index in [1.165, 1.54) is 17.6 Å². The molecule has 0 aliphatic carbocycles. The normalized spacial score (nSPS) is 15.5. The lowest BCUT2D eigenvalue weighted by Crippen LogP contribution is -3.12. The molecular formula is C24H26NO5+. The number of methoxy groups -OCH3 is 1. The Morgan fingerprint density at radius 1 is 1.17 bits per heavy atom. The van der Waals surface area contributed by atoms with Gasteiger partial charge in [0, 0.05) is 22.9 Å². The van der Waals surface area contributed by atoms with Gasteiger partial charge in [-0.3, -0.25) is 9.69 Å². The van der Waals surface area contributed by atoms with Gasteiger partial charge in [0.2, 0.25) is 6.73 Å². The maximum Gasteiger partial charge on any atom is 0.340 e. The molecule has 0 saturated carbocycles. The second-order valence-electron chi connectivity index (χ2n) is 7.81. The third-order valence-electron chi connectivity index (χ3n) is 5.85. The van der Waals surface area contributed by atoms with E-state index in [2.05, 4.69) is 24.3 Å². The number of esters is 1. The predicted molar refractivity (Wildman–Crippen MR) is 113 cm³/mol. The van der Waals surface area contributed by atoms with Gasteiger partial charge in [0.1, 0.15) is 17.9 Å². The Morgan fingerprint density at radius 3 is 2.67 bits per heavy atom. The molecule has 0 fully saturated rings. The van der Waals surface area contributed by atoms with Gasteiger partial charge in [-0.15, -0.1) is 0 Å². The Hall–Kier alpha value is -3.12. The first-order valence-electron chi connectivity index (χ1n) is 10.1. The van der Waals surface area contributed by atoms with Crippen LogP contribution in [-0.2, 0) is 28.9 Å². The molecule has 2 heterocycles. The number of hydrogen-bond acceptors (Lipinski definition) is 5. The zero-order chi connectivity index (χ0) is 21.3. The van der Waals surface area contributed by atoms with E-state index in [4.69, 9.17) is 13.9 Å². The van der Waals surface area contributed by atoms with Crippen LogP contribution in [0.5, 0.6) is 5.75 Å². The van der Waals surface area contributed by atoms with E-state index in [-0.39, 0.29) is 6.42 Å². The standard InChI is InChI=1S/C24H25NO5/c1-15-19-11-18-13-25(10-9-17-7-5-4-6-8-17)14-29-22(18)16(2)23(19)30-24(27)20(15)12-21(26)28-3/h4-8,11H,9-10,12-14H2,1-3H3/p+1. The summed E-state index contributed by atoms with van der Waals surface area (Å²) >= 11 is 0. The second kappa shape index (κ2) is 8.32. The zero-order valence-electron chi connectivity index (χ0n) is 17.5. The van der Waals surface area contributed by atoms with Gasteiger partial charge in [-0.25, -0.2) is 4.79 Å². The van der Waals surface area contributed by atoms with Crippen LogP contribution < -0.4 is 15.3 Å². The lowest BCUT2D eigenvalue weighted by atomic mass is 9.97. The van der Waals surface area contributed by atoms with E-state index < -0.39 is 11.6 Å². The fourth-order valence-electron chi connectivity index (χ4n) is 4.11. The first kappa shape index (κ1) is 20.2. The van der Waals surface area contributed by atoms with E-state index in [9.17, 15) is 9.59 Å². The van der Waals surface area contributed by atoms with Crippen molar-refractivity contribution in [1.82, 2.24) is 0 Å². The van der Waals surface area contributed by atoms with Crippen molar-refractivity contribution in [2.45, 2.75) is 33.2 Å². The highest BCUT2D eigenvalue weighted by atomic mass is 16.5. The smallest absolute Gasteiger partial charge is 0.340 e. The van der Waals surface area contributed by atoms with Crippen LogP contribution in [0.3, 0.4) is 0 Å². The van der Waals surface area contributed by atoms with Crippen LogP contribution in [-0.4, -0.2) is 26.4 Å². The largest absolute Gasteiger partial charge is 0.469 e. The van der Waals surface area contributed by atoms with Gasteiger partial charge in [0.25, 0.3) is 0 Å². The summed E-state index contributed by atoms with van der Waals surface area (Å²) in [6.45, 7) is 6.15. The van der Waals surface area contributed by atoms with Crippen LogP contribution in [0.2, 0.25) is 0 Å². The van der Waals surface area contributed by atoms with Crippen molar-refractivity contribution in [3.63, 3.8) is 0 Å². The molecule has 6 heteroatoms. The molecule has 0 bridgehead atoms. The Labute approximate surface area is 175 Å². The summed E-state index contributed by atoms with van der Waals surface area (Å²) in [6, 6.07) is 12.5. The lowest BCUT2D eigenvalue weighted by molar-refractivity contribution is -0.932. The van der Waals surface area contributed by atoms with Gasteiger partial charge in [0.05, 0.1) is 25.6 Å². The van der Waals surface area contributed by atoms with Crippen molar-refractivity contribution in [3.05, 3.63) is 74.6 Å². The highest BCUT2D eigenvalue weighted by Gasteiger charge is 2.26. The number of nitrogens with one attached hydrogen (secondary N) is 1. The van der Waals surface area contributed by atoms with Crippen molar-refractivity contribution in [2.24, 2.45) is 0 Å². The summed E-state index contributed by atoms with van der Waals surface area (Å²) in [4.78, 5) is 25.5. The van der Waals surface area contributed by atoms with Gasteiger partial charge >= 0.3 is 11.6 Å². The number of carbonyl (C=O) groups is 1. The molecule has 0 saturated heterocycles. The number of ether oxygens (including phenoxy) is 2. The summed E-state index contributed by atoms with van der Waals surface area (Å²) in [6.07, 6.45) is 0.889. The van der Waals surface area contributed by atoms with Crippen molar-refractivity contribution in [2.75, 3.05) is 20.4 Å². The van der Waals surface area contributed by atoms with E-state index >= 15 is 0 Å². The summed E-state index contributed by atoms with van der Waals surface area (Å²) < 4.78 is 16.4. The van der Waals surface area contributed by atoms with Crippen molar-refractivity contribution in [1.29, 1.82) is 0 Å². The topological polar surface area (TPSA) is 70.2 Å². The summed E-state index contributed by atoms with van der Waals surface area (Å²) in [7, 11) is 1.31. The number of quaternary nitrogens is 1. The number of rotatable bonds is 5. The highest BCUT2D eigenvalue weighted by molar-refractivity contribution is 5.88. The van der Waals surface area contributed by atoms with Crippen molar-refractivity contribution >= 4 is 16.9 Å². The number of aryl methyl sites for hydroxylation is 2. The van der Waals surface area contributed by atoms with Gasteiger partial charge < -0.3 is 13.9 Å². The minimum absolute atomic E-state index is 0.0955. The molecular weight excluding hydrogens is 382 g/mol. The molecule has 1 N–H and O–H groups in total. The molecule has 0 radical (unpaired) electrons. The maximum absolute atomic E-state index is 12.5. The molecule has 1 unspecified atom stereocenters. The Morgan fingerprint density at radius 2 is 1.93 bits per heavy atom. The van der Waals surface area contributed by atoms with Gasteiger partial charge in [-0.05, 0) is 31.0 Å². The fraction of sp³-hybridized carbons (Fsp3) is 0.333. The molecule has 3 aromatic rings. The molecule has 6 nitrogen and oxygen atoms in total. The molecule has 0 amide bonds. The fourth-order valence-corrected chi connectivity index (χ4v) is 4.11. The van der Waals surface area contributed by atoms with E-state index in [0.29, 0.717) is 17.9 Å². The van der Waals surface area contributed by atoms with Crippen molar-refractivity contribution in [3.8, 4) is 5.75 Å².